The molecule has 0 aromatic heterocycles. The van der Waals surface area contributed by atoms with Gasteiger partial charge in [-0.3, -0.25) is 9.69 Å². The topological polar surface area (TPSA) is 57.7 Å². The molecular formula is C22H26N2O3S. The Labute approximate surface area is 166 Å². The molecule has 4 rings (SSSR count). The second-order valence-corrected chi connectivity index (χ2v) is 10.2. The minimum Gasteiger partial charge on any atom is -0.333 e. The number of amides is 1. The van der Waals surface area contributed by atoms with Crippen molar-refractivity contribution in [3.63, 3.8) is 0 Å². The first kappa shape index (κ1) is 19.2. The fourth-order valence-corrected chi connectivity index (χ4v) is 6.36. The molecule has 0 bridgehead atoms. The van der Waals surface area contributed by atoms with Gasteiger partial charge < -0.3 is 4.90 Å². The molecule has 2 aromatic carbocycles. The average molecular weight is 399 g/mol. The van der Waals surface area contributed by atoms with Gasteiger partial charge in [-0.15, -0.1) is 0 Å². The highest BCUT2D eigenvalue weighted by atomic mass is 32.2. The van der Waals surface area contributed by atoms with Crippen LogP contribution in [0.3, 0.4) is 0 Å². The van der Waals surface area contributed by atoms with Crippen LogP contribution in [-0.4, -0.2) is 60.8 Å². The summed E-state index contributed by atoms with van der Waals surface area (Å²) in [7, 11) is -3.20. The molecule has 0 saturated carbocycles. The highest BCUT2D eigenvalue weighted by Gasteiger charge is 2.46. The molecule has 0 unspecified atom stereocenters. The molecule has 28 heavy (non-hydrogen) atoms. The number of benzene rings is 2. The van der Waals surface area contributed by atoms with Crippen molar-refractivity contribution in [3.8, 4) is 0 Å². The molecule has 2 heterocycles. The number of nitrogens with zero attached hydrogens (tertiary/aromatic N) is 2. The van der Waals surface area contributed by atoms with Gasteiger partial charge >= 0.3 is 0 Å². The number of aryl methyl sites for hydroxylation is 1. The molecule has 2 aromatic rings. The summed E-state index contributed by atoms with van der Waals surface area (Å²) in [6.45, 7) is 4.27. The first-order valence-corrected chi connectivity index (χ1v) is 11.5. The van der Waals surface area contributed by atoms with Crippen LogP contribution >= 0.6 is 0 Å². The van der Waals surface area contributed by atoms with Crippen LogP contribution in [0.1, 0.15) is 27.9 Å². The second kappa shape index (κ2) is 7.68. The Morgan fingerprint density at radius 1 is 1.07 bits per heavy atom. The van der Waals surface area contributed by atoms with Crippen molar-refractivity contribution in [2.24, 2.45) is 0 Å². The number of carbonyl (C=O) groups excluding carboxylic acids is 1. The summed E-state index contributed by atoms with van der Waals surface area (Å²) < 4.78 is 25.6. The molecule has 2 fully saturated rings. The van der Waals surface area contributed by atoms with Crippen molar-refractivity contribution in [1.29, 1.82) is 0 Å². The van der Waals surface area contributed by atoms with E-state index in [2.05, 4.69) is 17.0 Å². The largest absolute Gasteiger partial charge is 0.333 e. The summed E-state index contributed by atoms with van der Waals surface area (Å²) in [6.07, 6.45) is 0.689. The maximum absolute atomic E-state index is 13.1. The predicted molar refractivity (Wildman–Crippen MR) is 110 cm³/mol. The number of carbonyl (C=O) groups is 1. The lowest BCUT2D eigenvalue weighted by Gasteiger charge is -2.46. The van der Waals surface area contributed by atoms with Crippen LogP contribution in [-0.2, 0) is 16.4 Å². The summed E-state index contributed by atoms with van der Waals surface area (Å²) in [5.74, 6) is -0.00430. The number of fused-ring (bicyclic) bond motifs is 1. The van der Waals surface area contributed by atoms with Gasteiger partial charge in [0.25, 0.3) is 5.91 Å². The van der Waals surface area contributed by atoms with E-state index in [1.807, 2.05) is 49.4 Å². The maximum atomic E-state index is 13.1. The smallest absolute Gasteiger partial charge is 0.254 e. The molecule has 2 saturated heterocycles. The van der Waals surface area contributed by atoms with E-state index in [0.717, 1.165) is 18.7 Å². The van der Waals surface area contributed by atoms with Crippen molar-refractivity contribution >= 4 is 15.7 Å². The van der Waals surface area contributed by atoms with Crippen molar-refractivity contribution in [3.05, 3.63) is 71.3 Å². The van der Waals surface area contributed by atoms with Gasteiger partial charge in [-0.1, -0.05) is 48.0 Å². The fourth-order valence-electron chi connectivity index (χ4n) is 4.40. The monoisotopic (exact) mass is 398 g/mol. The van der Waals surface area contributed by atoms with Gasteiger partial charge in [0.15, 0.2) is 9.84 Å². The Bertz CT molecular complexity index is 959. The average Bonchev–Trinajstić information content (AvgIpc) is 2.69. The molecule has 2 aliphatic rings. The highest BCUT2D eigenvalue weighted by Crippen LogP contribution is 2.29. The number of piperidine rings is 1. The van der Waals surface area contributed by atoms with E-state index >= 15 is 0 Å². The molecule has 0 radical (unpaired) electrons. The third kappa shape index (κ3) is 3.84. The van der Waals surface area contributed by atoms with E-state index in [4.69, 9.17) is 0 Å². The van der Waals surface area contributed by atoms with Crippen molar-refractivity contribution in [2.45, 2.75) is 31.2 Å². The van der Waals surface area contributed by atoms with Crippen LogP contribution in [0.25, 0.3) is 0 Å². The summed E-state index contributed by atoms with van der Waals surface area (Å²) in [6, 6.07) is 17.4. The van der Waals surface area contributed by atoms with E-state index in [9.17, 15) is 13.2 Å². The van der Waals surface area contributed by atoms with Crippen LogP contribution in [0.5, 0.6) is 0 Å². The number of rotatable bonds is 3. The van der Waals surface area contributed by atoms with Crippen molar-refractivity contribution in [2.75, 3.05) is 25.4 Å². The quantitative estimate of drug-likeness (QED) is 0.797. The van der Waals surface area contributed by atoms with Gasteiger partial charge in [-0.2, -0.15) is 0 Å². The van der Waals surface area contributed by atoms with Gasteiger partial charge in [0.1, 0.15) is 0 Å². The standard InChI is InChI=1S/C22H26N2O3S/c1-17-6-5-9-19(14-17)22(25)24-12-13-28(26,27)21-16-23(11-10-20(21)24)15-18-7-3-2-4-8-18/h2-9,14,20-21H,10-13,15-16H2,1H3/t20-,21+/m1/s1. The van der Waals surface area contributed by atoms with Crippen LogP contribution < -0.4 is 0 Å². The minimum atomic E-state index is -3.20. The fraction of sp³-hybridized carbons (Fsp3) is 0.409. The van der Waals surface area contributed by atoms with Gasteiger partial charge in [0, 0.05) is 31.7 Å². The Morgan fingerprint density at radius 2 is 1.86 bits per heavy atom. The predicted octanol–water partition coefficient (Wildman–Crippen LogP) is 2.51. The summed E-state index contributed by atoms with van der Waals surface area (Å²) in [5, 5.41) is -0.507. The molecule has 148 valence electrons. The van der Waals surface area contributed by atoms with E-state index in [1.165, 1.54) is 5.56 Å². The summed E-state index contributed by atoms with van der Waals surface area (Å²) in [4.78, 5) is 17.1. The Morgan fingerprint density at radius 3 is 2.61 bits per heavy atom. The minimum absolute atomic E-state index is 0.0465. The Hall–Kier alpha value is -2.18. The van der Waals surface area contributed by atoms with Gasteiger partial charge in [-0.25, -0.2) is 8.42 Å². The van der Waals surface area contributed by atoms with Crippen LogP contribution in [0.15, 0.2) is 54.6 Å². The first-order chi connectivity index (χ1) is 13.4. The number of hydrogen-bond acceptors (Lipinski definition) is 4. The third-order valence-electron chi connectivity index (χ3n) is 5.86. The SMILES string of the molecule is Cc1cccc(C(=O)N2CCS(=O)(=O)[C@H]3CN(Cc4ccccc4)CC[C@H]32)c1. The van der Waals surface area contributed by atoms with Crippen LogP contribution in [0.2, 0.25) is 0 Å². The molecule has 2 atom stereocenters. The van der Waals surface area contributed by atoms with E-state index in [-0.39, 0.29) is 24.2 Å². The lowest BCUT2D eigenvalue weighted by atomic mass is 10.00. The van der Waals surface area contributed by atoms with E-state index in [0.29, 0.717) is 18.5 Å². The lowest BCUT2D eigenvalue weighted by molar-refractivity contribution is 0.0568. The zero-order valence-electron chi connectivity index (χ0n) is 16.1. The molecule has 0 aliphatic carbocycles. The molecule has 0 spiro atoms. The van der Waals surface area contributed by atoms with Gasteiger partial charge in [0.2, 0.25) is 0 Å². The highest BCUT2D eigenvalue weighted by molar-refractivity contribution is 7.92. The van der Waals surface area contributed by atoms with E-state index in [1.54, 1.807) is 4.90 Å². The second-order valence-electron chi connectivity index (χ2n) is 7.85. The summed E-state index contributed by atoms with van der Waals surface area (Å²) >= 11 is 0. The number of sulfone groups is 1. The zero-order chi connectivity index (χ0) is 19.7. The van der Waals surface area contributed by atoms with Crippen molar-refractivity contribution in [1.82, 2.24) is 9.80 Å². The van der Waals surface area contributed by atoms with E-state index < -0.39 is 15.1 Å². The van der Waals surface area contributed by atoms with Gasteiger partial charge in [-0.05, 0) is 31.0 Å². The van der Waals surface area contributed by atoms with Crippen LogP contribution in [0, 0.1) is 6.92 Å². The zero-order valence-corrected chi connectivity index (χ0v) is 16.9. The molecule has 0 N–H and O–H groups in total. The van der Waals surface area contributed by atoms with Gasteiger partial charge in [0.05, 0.1) is 17.0 Å². The van der Waals surface area contributed by atoms with Crippen molar-refractivity contribution < 1.29 is 13.2 Å². The normalized spacial score (nSPS) is 24.5. The number of hydrogen-bond donors (Lipinski definition) is 0. The lowest BCUT2D eigenvalue weighted by Crippen LogP contribution is -2.63. The molecule has 5 nitrogen and oxygen atoms in total. The van der Waals surface area contributed by atoms with Crippen LogP contribution in [0.4, 0.5) is 0 Å². The third-order valence-corrected chi connectivity index (χ3v) is 8.00. The first-order valence-electron chi connectivity index (χ1n) is 9.79. The number of likely N-dealkylation sites (tertiary alicyclic amines) is 1. The summed E-state index contributed by atoms with van der Waals surface area (Å²) in [5.41, 5.74) is 2.86. The molecular weight excluding hydrogens is 372 g/mol. The molecule has 1 amide bonds. The maximum Gasteiger partial charge on any atom is 0.254 e. The Kier molecular flexibility index (Phi) is 5.25. The molecule has 6 heteroatoms. The Balaban J connectivity index is 1.54. The molecule has 2 aliphatic heterocycles.